The normalized spacial score (nSPS) is 12.4. The van der Waals surface area contributed by atoms with Crippen LogP contribution in [0.15, 0.2) is 84.5 Å². The van der Waals surface area contributed by atoms with Gasteiger partial charge in [0, 0.05) is 41.5 Å². The molecule has 1 amide bonds. The van der Waals surface area contributed by atoms with Crippen molar-refractivity contribution in [2.75, 3.05) is 5.32 Å². The lowest BCUT2D eigenvalue weighted by atomic mass is 9.87. The minimum atomic E-state index is -0.203. The quantitative estimate of drug-likeness (QED) is 0.429. The molecule has 4 aromatic rings. The Morgan fingerprint density at radius 3 is 2.48 bits per heavy atom. The van der Waals surface area contributed by atoms with Crippen LogP contribution in [-0.4, -0.2) is 26.5 Å². The molecule has 1 aromatic carbocycles. The average molecular weight is 439 g/mol. The van der Waals surface area contributed by atoms with E-state index in [0.717, 1.165) is 16.8 Å². The van der Waals surface area contributed by atoms with E-state index in [1.807, 2.05) is 59.1 Å². The number of carbonyl (C=O) groups is 1. The van der Waals surface area contributed by atoms with Crippen LogP contribution in [0.4, 0.5) is 11.5 Å². The third-order valence-electron chi connectivity index (χ3n) is 5.22. The molecule has 0 saturated heterocycles. The van der Waals surface area contributed by atoms with Crippen LogP contribution < -0.4 is 11.1 Å². The number of carbonyl (C=O) groups excluding carboxylic acids is 1. The summed E-state index contributed by atoms with van der Waals surface area (Å²) in [5, 5.41) is 2.87. The van der Waals surface area contributed by atoms with Gasteiger partial charge in [0.05, 0.1) is 18.1 Å². The fourth-order valence-electron chi connectivity index (χ4n) is 3.32. The zero-order chi connectivity index (χ0) is 23.4. The summed E-state index contributed by atoms with van der Waals surface area (Å²) in [4.78, 5) is 25.6. The van der Waals surface area contributed by atoms with E-state index in [1.165, 1.54) is 11.8 Å². The molecule has 0 unspecified atom stereocenters. The number of aromatic nitrogens is 3. The number of hydrogen-bond donors (Lipinski definition) is 2. The molecule has 3 aromatic heterocycles. The molecule has 0 aliphatic carbocycles. The van der Waals surface area contributed by atoms with Gasteiger partial charge in [-0.3, -0.25) is 14.8 Å². The molecule has 7 nitrogen and oxygen atoms in total. The molecular weight excluding hydrogens is 412 g/mol. The number of pyridine rings is 2. The molecular formula is C26H26N6O. The Bertz CT molecular complexity index is 1330. The number of aliphatic imine (C=N–C) groups is 1. The van der Waals surface area contributed by atoms with Gasteiger partial charge in [-0.25, -0.2) is 4.98 Å². The van der Waals surface area contributed by atoms with Gasteiger partial charge in [0.25, 0.3) is 5.91 Å². The minimum absolute atomic E-state index is 0.0355. The van der Waals surface area contributed by atoms with Gasteiger partial charge in [-0.1, -0.05) is 32.9 Å². The second-order valence-electron chi connectivity index (χ2n) is 8.68. The maximum atomic E-state index is 12.7. The number of nitrogens with two attached hydrogens (primary N) is 1. The molecule has 0 radical (unpaired) electrons. The van der Waals surface area contributed by atoms with Crippen LogP contribution in [0.1, 0.15) is 42.3 Å². The molecule has 0 saturated carbocycles. The number of nitrogens with zero attached hydrogens (tertiary/aromatic N) is 4. The number of amides is 1. The zero-order valence-electron chi connectivity index (χ0n) is 18.9. The Morgan fingerprint density at radius 2 is 1.82 bits per heavy atom. The lowest BCUT2D eigenvalue weighted by molar-refractivity contribution is 0.102. The highest BCUT2D eigenvalue weighted by Crippen LogP contribution is 2.23. The van der Waals surface area contributed by atoms with E-state index in [9.17, 15) is 4.79 Å². The summed E-state index contributed by atoms with van der Waals surface area (Å²) in [5.41, 5.74) is 10.7. The number of benzene rings is 1. The Kier molecular flexibility index (Phi) is 6.04. The molecule has 166 valence electrons. The fourth-order valence-corrected chi connectivity index (χ4v) is 3.32. The number of hydrogen-bond acceptors (Lipinski definition) is 5. The SMILES string of the molecule is CC(C)(C)c1ccc(C(=O)Nc2cn3cc(C(C=Nc4cccnc4)=CN)ccc3n2)cc1. The van der Waals surface area contributed by atoms with Crippen molar-refractivity contribution in [2.24, 2.45) is 10.7 Å². The average Bonchev–Trinajstić information content (AvgIpc) is 3.21. The third kappa shape index (κ3) is 5.15. The van der Waals surface area contributed by atoms with Crippen LogP contribution in [0.3, 0.4) is 0 Å². The van der Waals surface area contributed by atoms with Crippen LogP contribution in [0, 0.1) is 0 Å². The van der Waals surface area contributed by atoms with Gasteiger partial charge in [0.2, 0.25) is 0 Å². The lowest BCUT2D eigenvalue weighted by Gasteiger charge is -2.18. The van der Waals surface area contributed by atoms with Gasteiger partial charge < -0.3 is 15.5 Å². The lowest BCUT2D eigenvalue weighted by Crippen LogP contribution is -2.14. The van der Waals surface area contributed by atoms with Crippen LogP contribution in [0.5, 0.6) is 0 Å². The third-order valence-corrected chi connectivity index (χ3v) is 5.22. The first-order valence-corrected chi connectivity index (χ1v) is 10.6. The van der Waals surface area contributed by atoms with Gasteiger partial charge >= 0.3 is 0 Å². The first-order chi connectivity index (χ1) is 15.8. The van der Waals surface area contributed by atoms with Crippen LogP contribution >= 0.6 is 0 Å². The fraction of sp³-hybridized carbons (Fsp3) is 0.154. The van der Waals surface area contributed by atoms with Crippen molar-refractivity contribution >= 4 is 34.8 Å². The smallest absolute Gasteiger partial charge is 0.256 e. The number of imidazole rings is 1. The molecule has 0 aliphatic heterocycles. The molecule has 0 aliphatic rings. The highest BCUT2D eigenvalue weighted by molar-refractivity contribution is 6.10. The van der Waals surface area contributed by atoms with Gasteiger partial charge in [0.1, 0.15) is 5.65 Å². The second kappa shape index (κ2) is 9.08. The largest absolute Gasteiger partial charge is 0.404 e. The Labute approximate surface area is 192 Å². The number of allylic oxidation sites excluding steroid dienone is 1. The summed E-state index contributed by atoms with van der Waals surface area (Å²) in [6.07, 6.45) is 10.2. The van der Waals surface area contributed by atoms with E-state index in [2.05, 4.69) is 41.0 Å². The highest BCUT2D eigenvalue weighted by atomic mass is 16.1. The predicted molar refractivity (Wildman–Crippen MR) is 133 cm³/mol. The predicted octanol–water partition coefficient (Wildman–Crippen LogP) is 4.98. The summed E-state index contributed by atoms with van der Waals surface area (Å²) >= 11 is 0. The molecule has 0 atom stereocenters. The summed E-state index contributed by atoms with van der Waals surface area (Å²) in [7, 11) is 0. The number of nitrogens with one attached hydrogen (secondary N) is 1. The number of rotatable bonds is 5. The van der Waals surface area contributed by atoms with Crippen LogP contribution in [0.2, 0.25) is 0 Å². The molecule has 0 fully saturated rings. The van der Waals surface area contributed by atoms with Crippen molar-refractivity contribution in [1.29, 1.82) is 0 Å². The van der Waals surface area contributed by atoms with Crippen molar-refractivity contribution in [3.05, 3.63) is 96.2 Å². The summed E-state index contributed by atoms with van der Waals surface area (Å²) in [6.45, 7) is 6.43. The standard InChI is InChI=1S/C26H26N6O/c1-26(2,3)21-9-6-18(7-10-21)25(33)31-23-17-32-16-19(8-11-24(32)30-23)20(13-27)14-29-22-5-4-12-28-15-22/h4-17H,27H2,1-3H3,(H,31,33). The summed E-state index contributed by atoms with van der Waals surface area (Å²) in [5.74, 6) is 0.268. The van der Waals surface area contributed by atoms with Gasteiger partial charge in [-0.15, -0.1) is 0 Å². The van der Waals surface area contributed by atoms with E-state index >= 15 is 0 Å². The second-order valence-corrected chi connectivity index (χ2v) is 8.68. The van der Waals surface area contributed by atoms with E-state index in [-0.39, 0.29) is 11.3 Å². The van der Waals surface area contributed by atoms with Crippen molar-refractivity contribution in [1.82, 2.24) is 14.4 Å². The maximum absolute atomic E-state index is 12.7. The first kappa shape index (κ1) is 22.0. The molecule has 4 rings (SSSR count). The Morgan fingerprint density at radius 1 is 1.06 bits per heavy atom. The summed E-state index contributed by atoms with van der Waals surface area (Å²) in [6, 6.07) is 15.1. The van der Waals surface area contributed by atoms with E-state index < -0.39 is 0 Å². The molecule has 33 heavy (non-hydrogen) atoms. The molecule has 3 heterocycles. The summed E-state index contributed by atoms with van der Waals surface area (Å²) < 4.78 is 1.84. The van der Waals surface area contributed by atoms with Gasteiger partial charge in [-0.2, -0.15) is 0 Å². The molecule has 0 bridgehead atoms. The zero-order valence-corrected chi connectivity index (χ0v) is 18.9. The Hall–Kier alpha value is -4.26. The molecule has 3 N–H and O–H groups in total. The molecule has 0 spiro atoms. The van der Waals surface area contributed by atoms with E-state index in [0.29, 0.717) is 17.0 Å². The van der Waals surface area contributed by atoms with Gasteiger partial charge in [0.15, 0.2) is 5.82 Å². The number of fused-ring (bicyclic) bond motifs is 1. The van der Waals surface area contributed by atoms with Gasteiger partial charge in [-0.05, 0) is 47.4 Å². The molecule has 7 heteroatoms. The van der Waals surface area contributed by atoms with Crippen molar-refractivity contribution < 1.29 is 4.79 Å². The van der Waals surface area contributed by atoms with E-state index in [4.69, 9.17) is 5.73 Å². The Balaban J connectivity index is 1.52. The van der Waals surface area contributed by atoms with E-state index in [1.54, 1.807) is 24.8 Å². The minimum Gasteiger partial charge on any atom is -0.404 e. The van der Waals surface area contributed by atoms with Crippen molar-refractivity contribution in [2.45, 2.75) is 26.2 Å². The maximum Gasteiger partial charge on any atom is 0.256 e. The van der Waals surface area contributed by atoms with Crippen molar-refractivity contribution in [3.8, 4) is 0 Å². The van der Waals surface area contributed by atoms with Crippen LogP contribution in [0.25, 0.3) is 11.2 Å². The first-order valence-electron chi connectivity index (χ1n) is 10.6. The monoisotopic (exact) mass is 438 g/mol. The highest BCUT2D eigenvalue weighted by Gasteiger charge is 2.15. The topological polar surface area (TPSA) is 97.7 Å². The number of anilines is 1. The van der Waals surface area contributed by atoms with Crippen molar-refractivity contribution in [3.63, 3.8) is 0 Å². The van der Waals surface area contributed by atoms with Crippen LogP contribution in [-0.2, 0) is 5.41 Å².